The number of anilines is 1. The first-order chi connectivity index (χ1) is 11.0. The predicted octanol–water partition coefficient (Wildman–Crippen LogP) is 2.09. The maximum absolute atomic E-state index is 12.4. The molecule has 8 heteroatoms. The van der Waals surface area contributed by atoms with E-state index in [0.29, 0.717) is 41.7 Å². The number of halogens is 1. The molecule has 7 nitrogen and oxygen atoms in total. The van der Waals surface area contributed by atoms with E-state index in [0.717, 1.165) is 6.42 Å². The van der Waals surface area contributed by atoms with Gasteiger partial charge in [0.05, 0.1) is 30.8 Å². The van der Waals surface area contributed by atoms with E-state index >= 15 is 0 Å². The number of piperidine rings is 1. The first-order valence-corrected chi connectivity index (χ1v) is 7.60. The van der Waals surface area contributed by atoms with Gasteiger partial charge in [-0.3, -0.25) is 4.79 Å². The van der Waals surface area contributed by atoms with Crippen LogP contribution in [0.1, 0.15) is 12.8 Å². The van der Waals surface area contributed by atoms with Crippen molar-refractivity contribution in [1.29, 1.82) is 0 Å². The van der Waals surface area contributed by atoms with Crippen LogP contribution in [0, 0.1) is 5.92 Å². The van der Waals surface area contributed by atoms with Gasteiger partial charge in [0.1, 0.15) is 0 Å². The van der Waals surface area contributed by atoms with Gasteiger partial charge in [-0.15, -0.1) is 0 Å². The van der Waals surface area contributed by atoms with Crippen LogP contribution in [0.15, 0.2) is 12.1 Å². The first kappa shape index (κ1) is 17.2. The Morgan fingerprint density at radius 2 is 1.96 bits per heavy atom. The van der Waals surface area contributed by atoms with Crippen molar-refractivity contribution in [2.75, 3.05) is 32.6 Å². The number of carbonyl (C=O) groups is 2. The third-order valence-corrected chi connectivity index (χ3v) is 4.15. The molecule has 1 fully saturated rings. The fourth-order valence-corrected chi connectivity index (χ4v) is 2.78. The van der Waals surface area contributed by atoms with Crippen LogP contribution in [0.2, 0.25) is 5.02 Å². The van der Waals surface area contributed by atoms with Crippen molar-refractivity contribution in [3.05, 3.63) is 17.2 Å². The Labute approximate surface area is 139 Å². The predicted molar refractivity (Wildman–Crippen MR) is 87.1 cm³/mol. The Morgan fingerprint density at radius 3 is 2.57 bits per heavy atom. The Balaban J connectivity index is 2.12. The Morgan fingerprint density at radius 1 is 1.30 bits per heavy atom. The van der Waals surface area contributed by atoms with Crippen molar-refractivity contribution in [3.63, 3.8) is 0 Å². The van der Waals surface area contributed by atoms with Crippen LogP contribution in [0.5, 0.6) is 11.5 Å². The summed E-state index contributed by atoms with van der Waals surface area (Å²) in [4.78, 5) is 25.2. The second kappa shape index (κ2) is 7.41. The molecule has 0 bridgehead atoms. The van der Waals surface area contributed by atoms with Gasteiger partial charge in [-0.05, 0) is 12.8 Å². The van der Waals surface area contributed by atoms with Gasteiger partial charge in [-0.2, -0.15) is 0 Å². The maximum Gasteiger partial charge on any atom is 0.314 e. The lowest BCUT2D eigenvalue weighted by Gasteiger charge is -2.30. The summed E-state index contributed by atoms with van der Waals surface area (Å²) in [5.41, 5.74) is 5.72. The summed E-state index contributed by atoms with van der Waals surface area (Å²) in [7, 11) is 3.01. The van der Waals surface area contributed by atoms with Crippen LogP contribution < -0.4 is 20.5 Å². The quantitative estimate of drug-likeness (QED) is 0.876. The number of nitrogens with two attached hydrogens (primary N) is 1. The van der Waals surface area contributed by atoms with Crippen molar-refractivity contribution in [1.82, 2.24) is 4.90 Å². The molecule has 0 radical (unpaired) electrons. The van der Waals surface area contributed by atoms with Crippen LogP contribution in [0.4, 0.5) is 10.5 Å². The maximum atomic E-state index is 12.4. The molecule has 0 saturated carbocycles. The van der Waals surface area contributed by atoms with Gasteiger partial charge < -0.3 is 25.4 Å². The molecule has 1 aromatic carbocycles. The summed E-state index contributed by atoms with van der Waals surface area (Å²) in [5.74, 6) is 0.424. The summed E-state index contributed by atoms with van der Waals surface area (Å²) in [5, 5.41) is 3.13. The number of urea groups is 1. The highest BCUT2D eigenvalue weighted by atomic mass is 35.5. The van der Waals surface area contributed by atoms with E-state index in [-0.39, 0.29) is 11.8 Å². The number of benzene rings is 1. The SMILES string of the molecule is COc1cc(Cl)c(NC(=O)C2CCCN(C(N)=O)C2)cc1OC. The lowest BCUT2D eigenvalue weighted by atomic mass is 9.97. The topological polar surface area (TPSA) is 93.9 Å². The number of likely N-dealkylation sites (tertiary alicyclic amines) is 1. The third-order valence-electron chi connectivity index (χ3n) is 3.83. The monoisotopic (exact) mass is 341 g/mol. The molecule has 1 aliphatic heterocycles. The van der Waals surface area contributed by atoms with E-state index in [1.807, 2.05) is 0 Å². The Hall–Kier alpha value is -2.15. The molecular weight excluding hydrogens is 322 g/mol. The summed E-state index contributed by atoms with van der Waals surface area (Å²) in [6.45, 7) is 0.891. The number of carbonyl (C=O) groups excluding carboxylic acids is 2. The highest BCUT2D eigenvalue weighted by Crippen LogP contribution is 2.36. The molecule has 1 aromatic rings. The molecule has 1 saturated heterocycles. The van der Waals surface area contributed by atoms with Gasteiger partial charge in [0.2, 0.25) is 5.91 Å². The minimum atomic E-state index is -0.508. The zero-order valence-corrected chi connectivity index (χ0v) is 13.9. The molecule has 2 rings (SSSR count). The van der Waals surface area contributed by atoms with Gasteiger partial charge in [0.15, 0.2) is 11.5 Å². The number of primary amides is 1. The highest BCUT2D eigenvalue weighted by molar-refractivity contribution is 6.34. The minimum absolute atomic E-state index is 0.204. The van der Waals surface area contributed by atoms with Gasteiger partial charge >= 0.3 is 6.03 Å². The number of rotatable bonds is 4. The number of nitrogens with zero attached hydrogens (tertiary/aromatic N) is 1. The molecule has 1 heterocycles. The average Bonchev–Trinajstić information content (AvgIpc) is 2.56. The Kier molecular flexibility index (Phi) is 5.54. The van der Waals surface area contributed by atoms with Gasteiger partial charge in [-0.25, -0.2) is 4.79 Å². The lowest BCUT2D eigenvalue weighted by molar-refractivity contribution is -0.121. The van der Waals surface area contributed by atoms with Crippen LogP contribution in [0.3, 0.4) is 0 Å². The van der Waals surface area contributed by atoms with Crippen LogP contribution >= 0.6 is 11.6 Å². The third kappa shape index (κ3) is 3.98. The summed E-state index contributed by atoms with van der Waals surface area (Å²) < 4.78 is 10.4. The van der Waals surface area contributed by atoms with Crippen molar-refractivity contribution >= 4 is 29.2 Å². The molecule has 1 aliphatic rings. The standard InChI is InChI=1S/C15H20ClN3O4/c1-22-12-6-10(16)11(7-13(12)23-2)18-14(20)9-4-3-5-19(8-9)15(17)21/h6-7,9H,3-5,8H2,1-2H3,(H2,17,21)(H,18,20). The molecular formula is C15H20ClN3O4. The summed E-state index contributed by atoms with van der Waals surface area (Å²) in [6, 6.07) is 2.67. The van der Waals surface area contributed by atoms with Gasteiger partial charge in [-0.1, -0.05) is 11.6 Å². The van der Waals surface area contributed by atoms with Crippen molar-refractivity contribution in [2.45, 2.75) is 12.8 Å². The lowest BCUT2D eigenvalue weighted by Crippen LogP contribution is -2.46. The number of nitrogens with one attached hydrogen (secondary N) is 1. The van der Waals surface area contributed by atoms with Crippen molar-refractivity contribution in [3.8, 4) is 11.5 Å². The molecule has 0 spiro atoms. The van der Waals surface area contributed by atoms with E-state index in [4.69, 9.17) is 26.8 Å². The molecule has 126 valence electrons. The largest absolute Gasteiger partial charge is 0.493 e. The van der Waals surface area contributed by atoms with E-state index in [2.05, 4.69) is 5.32 Å². The number of methoxy groups -OCH3 is 2. The highest BCUT2D eigenvalue weighted by Gasteiger charge is 2.28. The summed E-state index contributed by atoms with van der Waals surface area (Å²) in [6.07, 6.45) is 1.43. The first-order valence-electron chi connectivity index (χ1n) is 7.23. The average molecular weight is 342 g/mol. The van der Waals surface area contributed by atoms with Crippen LogP contribution in [0.25, 0.3) is 0 Å². The second-order valence-corrected chi connectivity index (χ2v) is 5.71. The van der Waals surface area contributed by atoms with E-state index in [1.165, 1.54) is 19.1 Å². The zero-order chi connectivity index (χ0) is 17.0. The molecule has 3 N–H and O–H groups in total. The fraction of sp³-hybridized carbons (Fsp3) is 0.467. The number of hydrogen-bond donors (Lipinski definition) is 2. The Bertz CT molecular complexity index is 609. The fourth-order valence-electron chi connectivity index (χ4n) is 2.58. The normalized spacial score (nSPS) is 17.5. The van der Waals surface area contributed by atoms with E-state index < -0.39 is 6.03 Å². The summed E-state index contributed by atoms with van der Waals surface area (Å²) >= 11 is 6.16. The van der Waals surface area contributed by atoms with E-state index in [9.17, 15) is 9.59 Å². The van der Waals surface area contributed by atoms with Gasteiger partial charge in [0, 0.05) is 25.2 Å². The molecule has 0 aromatic heterocycles. The number of hydrogen-bond acceptors (Lipinski definition) is 4. The van der Waals surface area contributed by atoms with Gasteiger partial charge in [0.25, 0.3) is 0 Å². The smallest absolute Gasteiger partial charge is 0.314 e. The number of amides is 3. The van der Waals surface area contributed by atoms with Crippen LogP contribution in [-0.4, -0.2) is 44.1 Å². The second-order valence-electron chi connectivity index (χ2n) is 5.30. The van der Waals surface area contributed by atoms with Crippen molar-refractivity contribution in [2.24, 2.45) is 11.7 Å². The molecule has 23 heavy (non-hydrogen) atoms. The minimum Gasteiger partial charge on any atom is -0.493 e. The van der Waals surface area contributed by atoms with E-state index in [1.54, 1.807) is 12.1 Å². The van der Waals surface area contributed by atoms with Crippen molar-refractivity contribution < 1.29 is 19.1 Å². The molecule has 0 aliphatic carbocycles. The zero-order valence-electron chi connectivity index (χ0n) is 13.1. The van der Waals surface area contributed by atoms with Crippen LogP contribution in [-0.2, 0) is 4.79 Å². The molecule has 1 unspecified atom stereocenters. The number of ether oxygens (including phenoxy) is 2. The molecule has 3 amide bonds. The molecule has 1 atom stereocenters.